The fourth-order valence-corrected chi connectivity index (χ4v) is 1.36. The highest BCUT2D eigenvalue weighted by Crippen LogP contribution is 2.37. The van der Waals surface area contributed by atoms with Gasteiger partial charge in [-0.2, -0.15) is 0 Å². The van der Waals surface area contributed by atoms with Crippen LogP contribution in [0.4, 0.5) is 5.69 Å². The fourth-order valence-electron chi connectivity index (χ4n) is 1.36. The molecular weight excluding hydrogens is 214 g/mol. The van der Waals surface area contributed by atoms with Gasteiger partial charge in [0.15, 0.2) is 17.8 Å². The summed E-state index contributed by atoms with van der Waals surface area (Å²) in [6, 6.07) is 1.16. The van der Waals surface area contributed by atoms with Gasteiger partial charge in [-0.25, -0.2) is 4.79 Å². The van der Waals surface area contributed by atoms with Gasteiger partial charge in [0.1, 0.15) is 5.56 Å². The van der Waals surface area contributed by atoms with Crippen LogP contribution in [0, 0.1) is 0 Å². The molecule has 1 aromatic rings. The van der Waals surface area contributed by atoms with Crippen LogP contribution in [0.15, 0.2) is 6.07 Å². The predicted molar refractivity (Wildman–Crippen MR) is 56.3 cm³/mol. The summed E-state index contributed by atoms with van der Waals surface area (Å²) in [6.07, 6.45) is 0.488. The van der Waals surface area contributed by atoms with E-state index in [9.17, 15) is 9.59 Å². The molecule has 0 amide bonds. The number of aromatic carboxylic acids is 1. The Hall–Kier alpha value is -2.24. The Labute approximate surface area is 91.6 Å². The summed E-state index contributed by atoms with van der Waals surface area (Å²) in [6.45, 7) is 0. The normalized spacial score (nSPS) is 9.62. The number of rotatable bonds is 4. The van der Waals surface area contributed by atoms with E-state index in [4.69, 9.17) is 20.3 Å². The Morgan fingerprint density at radius 3 is 2.31 bits per heavy atom. The molecule has 0 aliphatic heterocycles. The van der Waals surface area contributed by atoms with E-state index in [0.717, 1.165) is 6.07 Å². The standard InChI is InChI=1S/C10H11NO5/c1-15-8-5(10(13)14)3-7(11)6(4-12)9(8)16-2/h3-4H,11H2,1-2H3,(H,13,14). The molecule has 0 aliphatic carbocycles. The van der Waals surface area contributed by atoms with Crippen LogP contribution in [0.2, 0.25) is 0 Å². The molecule has 0 heterocycles. The largest absolute Gasteiger partial charge is 0.492 e. The van der Waals surface area contributed by atoms with Crippen LogP contribution in [-0.4, -0.2) is 31.6 Å². The summed E-state index contributed by atoms with van der Waals surface area (Å²) in [5.74, 6) is -1.21. The maximum Gasteiger partial charge on any atom is 0.339 e. The van der Waals surface area contributed by atoms with Crippen molar-refractivity contribution < 1.29 is 24.2 Å². The number of methoxy groups -OCH3 is 2. The first-order valence-corrected chi connectivity index (χ1v) is 4.29. The summed E-state index contributed by atoms with van der Waals surface area (Å²) in [5, 5.41) is 8.93. The molecule has 0 aromatic heterocycles. The number of carbonyl (C=O) groups is 2. The van der Waals surface area contributed by atoms with Crippen molar-refractivity contribution in [1.82, 2.24) is 0 Å². The molecular formula is C10H11NO5. The lowest BCUT2D eigenvalue weighted by atomic mass is 10.1. The van der Waals surface area contributed by atoms with Gasteiger partial charge in [0.25, 0.3) is 0 Å². The highest BCUT2D eigenvalue weighted by Gasteiger charge is 2.21. The van der Waals surface area contributed by atoms with Gasteiger partial charge in [0, 0.05) is 5.69 Å². The zero-order chi connectivity index (χ0) is 12.3. The van der Waals surface area contributed by atoms with Crippen molar-refractivity contribution in [2.75, 3.05) is 20.0 Å². The Morgan fingerprint density at radius 1 is 1.38 bits per heavy atom. The molecule has 3 N–H and O–H groups in total. The molecule has 1 rings (SSSR count). The molecule has 0 radical (unpaired) electrons. The van der Waals surface area contributed by atoms with Gasteiger partial charge in [-0.1, -0.05) is 0 Å². The van der Waals surface area contributed by atoms with E-state index >= 15 is 0 Å². The maximum atomic E-state index is 10.9. The number of hydrogen-bond donors (Lipinski definition) is 2. The van der Waals surface area contributed by atoms with Gasteiger partial charge >= 0.3 is 5.97 Å². The lowest BCUT2D eigenvalue weighted by molar-refractivity contribution is 0.0692. The second-order valence-corrected chi connectivity index (χ2v) is 2.92. The Morgan fingerprint density at radius 2 is 1.94 bits per heavy atom. The SMILES string of the molecule is COc1c(C(=O)O)cc(N)c(C=O)c1OC. The van der Waals surface area contributed by atoms with E-state index in [2.05, 4.69) is 0 Å². The first kappa shape index (κ1) is 11.8. The van der Waals surface area contributed by atoms with Gasteiger partial charge < -0.3 is 20.3 Å². The Balaban J connectivity index is 3.63. The quantitative estimate of drug-likeness (QED) is 0.580. The number of anilines is 1. The van der Waals surface area contributed by atoms with Crippen molar-refractivity contribution in [3.63, 3.8) is 0 Å². The molecule has 0 fully saturated rings. The predicted octanol–water partition coefficient (Wildman–Crippen LogP) is 0.797. The van der Waals surface area contributed by atoms with Crippen LogP contribution in [0.1, 0.15) is 20.7 Å². The number of nitrogens with two attached hydrogens (primary N) is 1. The van der Waals surface area contributed by atoms with E-state index in [1.165, 1.54) is 14.2 Å². The van der Waals surface area contributed by atoms with E-state index < -0.39 is 5.97 Å². The van der Waals surface area contributed by atoms with Gasteiger partial charge in [-0.15, -0.1) is 0 Å². The van der Waals surface area contributed by atoms with Crippen LogP contribution in [0.5, 0.6) is 11.5 Å². The molecule has 0 atom stereocenters. The Kier molecular flexibility index (Phi) is 3.34. The smallest absolute Gasteiger partial charge is 0.339 e. The number of nitrogen functional groups attached to an aromatic ring is 1. The highest BCUT2D eigenvalue weighted by molar-refractivity contribution is 5.98. The van der Waals surface area contributed by atoms with Crippen LogP contribution < -0.4 is 15.2 Å². The van der Waals surface area contributed by atoms with E-state index in [-0.39, 0.29) is 28.3 Å². The molecule has 86 valence electrons. The van der Waals surface area contributed by atoms with Gasteiger partial charge in [0.05, 0.1) is 19.8 Å². The summed E-state index contributed by atoms with van der Waals surface area (Å²) < 4.78 is 9.84. The lowest BCUT2D eigenvalue weighted by Crippen LogP contribution is -2.07. The summed E-state index contributed by atoms with van der Waals surface area (Å²) in [4.78, 5) is 21.7. The highest BCUT2D eigenvalue weighted by atomic mass is 16.5. The first-order valence-electron chi connectivity index (χ1n) is 4.29. The first-order chi connectivity index (χ1) is 7.56. The molecule has 6 heteroatoms. The minimum absolute atomic E-state index is 0.0219. The average Bonchev–Trinajstić information content (AvgIpc) is 2.27. The molecule has 0 aliphatic rings. The second kappa shape index (κ2) is 4.52. The van der Waals surface area contributed by atoms with Crippen molar-refractivity contribution in [3.05, 3.63) is 17.2 Å². The molecule has 0 spiro atoms. The number of aldehydes is 1. The fraction of sp³-hybridized carbons (Fsp3) is 0.200. The van der Waals surface area contributed by atoms with E-state index in [1.807, 2.05) is 0 Å². The van der Waals surface area contributed by atoms with Crippen molar-refractivity contribution in [1.29, 1.82) is 0 Å². The number of carbonyl (C=O) groups excluding carboxylic acids is 1. The lowest BCUT2D eigenvalue weighted by Gasteiger charge is -2.13. The number of carboxylic acid groups (broad SMARTS) is 1. The van der Waals surface area contributed by atoms with E-state index in [0.29, 0.717) is 6.29 Å². The third kappa shape index (κ3) is 1.77. The minimum Gasteiger partial charge on any atom is -0.492 e. The number of hydrogen-bond acceptors (Lipinski definition) is 5. The van der Waals surface area contributed by atoms with Crippen LogP contribution in [0.3, 0.4) is 0 Å². The summed E-state index contributed by atoms with van der Waals surface area (Å²) >= 11 is 0. The molecule has 0 unspecified atom stereocenters. The number of carboxylic acids is 1. The van der Waals surface area contributed by atoms with Crippen molar-refractivity contribution >= 4 is 17.9 Å². The second-order valence-electron chi connectivity index (χ2n) is 2.92. The summed E-state index contributed by atoms with van der Waals surface area (Å²) in [7, 11) is 2.59. The van der Waals surface area contributed by atoms with Gasteiger partial charge in [-0.3, -0.25) is 4.79 Å². The monoisotopic (exact) mass is 225 g/mol. The molecule has 16 heavy (non-hydrogen) atoms. The van der Waals surface area contributed by atoms with Crippen molar-refractivity contribution in [3.8, 4) is 11.5 Å². The molecule has 0 bridgehead atoms. The number of ether oxygens (including phenoxy) is 2. The zero-order valence-electron chi connectivity index (χ0n) is 8.81. The van der Waals surface area contributed by atoms with Crippen molar-refractivity contribution in [2.24, 2.45) is 0 Å². The topological polar surface area (TPSA) is 98.9 Å². The maximum absolute atomic E-state index is 10.9. The van der Waals surface area contributed by atoms with Crippen LogP contribution >= 0.6 is 0 Å². The van der Waals surface area contributed by atoms with Crippen LogP contribution in [0.25, 0.3) is 0 Å². The van der Waals surface area contributed by atoms with Gasteiger partial charge in [0.2, 0.25) is 0 Å². The molecule has 0 saturated heterocycles. The molecule has 1 aromatic carbocycles. The molecule has 0 saturated carbocycles. The van der Waals surface area contributed by atoms with Gasteiger partial charge in [-0.05, 0) is 6.07 Å². The average molecular weight is 225 g/mol. The number of benzene rings is 1. The van der Waals surface area contributed by atoms with Crippen molar-refractivity contribution in [2.45, 2.75) is 0 Å². The minimum atomic E-state index is -1.21. The third-order valence-electron chi connectivity index (χ3n) is 2.06. The van der Waals surface area contributed by atoms with Crippen LogP contribution in [-0.2, 0) is 0 Å². The zero-order valence-corrected chi connectivity index (χ0v) is 8.81. The van der Waals surface area contributed by atoms with E-state index in [1.54, 1.807) is 0 Å². The third-order valence-corrected chi connectivity index (χ3v) is 2.06. The Bertz CT molecular complexity index is 441. The summed E-state index contributed by atoms with van der Waals surface area (Å²) in [5.41, 5.74) is 5.49. The molecule has 6 nitrogen and oxygen atoms in total.